The third-order valence-corrected chi connectivity index (χ3v) is 4.51. The maximum atomic E-state index is 10.2. The normalized spacial score (nSPS) is 12.4. The van der Waals surface area contributed by atoms with Gasteiger partial charge in [0.1, 0.15) is 18.5 Å². The Kier molecular flexibility index (Phi) is 5.36. The SMILES string of the molecule is Cc1[nH]nc2cccc(OC[C@@H](O)CNCc3ccn(-c4ccccc4)n3)c12. The van der Waals surface area contributed by atoms with E-state index in [1.54, 1.807) is 0 Å². The van der Waals surface area contributed by atoms with Gasteiger partial charge in [0.05, 0.1) is 22.3 Å². The van der Waals surface area contributed by atoms with Crippen LogP contribution in [0.2, 0.25) is 0 Å². The zero-order chi connectivity index (χ0) is 19.3. The van der Waals surface area contributed by atoms with Crippen LogP contribution in [0, 0.1) is 6.92 Å². The van der Waals surface area contributed by atoms with E-state index in [4.69, 9.17) is 4.74 Å². The number of ether oxygens (including phenoxy) is 1. The molecule has 0 bridgehead atoms. The van der Waals surface area contributed by atoms with E-state index in [9.17, 15) is 5.11 Å². The van der Waals surface area contributed by atoms with Crippen LogP contribution in [0.1, 0.15) is 11.4 Å². The van der Waals surface area contributed by atoms with Crippen molar-refractivity contribution in [1.29, 1.82) is 0 Å². The third-order valence-electron chi connectivity index (χ3n) is 4.51. The van der Waals surface area contributed by atoms with E-state index >= 15 is 0 Å². The molecular formula is C21H23N5O2. The summed E-state index contributed by atoms with van der Waals surface area (Å²) in [4.78, 5) is 0. The van der Waals surface area contributed by atoms with Gasteiger partial charge in [-0.2, -0.15) is 10.2 Å². The monoisotopic (exact) mass is 377 g/mol. The highest BCUT2D eigenvalue weighted by Crippen LogP contribution is 2.26. The molecule has 7 nitrogen and oxygen atoms in total. The fourth-order valence-corrected chi connectivity index (χ4v) is 3.10. The number of H-pyrrole nitrogens is 1. The molecule has 4 aromatic rings. The van der Waals surface area contributed by atoms with Crippen LogP contribution in [-0.2, 0) is 6.54 Å². The van der Waals surface area contributed by atoms with Crippen molar-refractivity contribution in [3.8, 4) is 11.4 Å². The highest BCUT2D eigenvalue weighted by molar-refractivity contribution is 5.87. The van der Waals surface area contributed by atoms with E-state index in [-0.39, 0.29) is 6.61 Å². The van der Waals surface area contributed by atoms with E-state index in [0.29, 0.717) is 13.1 Å². The first kappa shape index (κ1) is 18.2. The van der Waals surface area contributed by atoms with E-state index < -0.39 is 6.10 Å². The summed E-state index contributed by atoms with van der Waals surface area (Å²) in [5, 5.41) is 26.1. The van der Waals surface area contributed by atoms with Gasteiger partial charge in [-0.25, -0.2) is 4.68 Å². The molecule has 0 aliphatic heterocycles. The lowest BCUT2D eigenvalue weighted by Crippen LogP contribution is -2.31. The Morgan fingerprint density at radius 2 is 2.00 bits per heavy atom. The standard InChI is InChI=1S/C21H23N5O2/c1-15-21-19(24-23-15)8-5-9-20(21)28-14-18(27)13-22-12-16-10-11-26(25-16)17-6-3-2-4-7-17/h2-11,18,22,27H,12-14H2,1H3,(H,23,24)/t18-/m0/s1. The van der Waals surface area contributed by atoms with Crippen LogP contribution < -0.4 is 10.1 Å². The summed E-state index contributed by atoms with van der Waals surface area (Å²) in [6.07, 6.45) is 1.30. The molecule has 0 saturated heterocycles. The number of hydrogen-bond acceptors (Lipinski definition) is 5. The van der Waals surface area contributed by atoms with Crippen molar-refractivity contribution >= 4 is 10.9 Å². The Morgan fingerprint density at radius 3 is 2.86 bits per heavy atom. The van der Waals surface area contributed by atoms with Gasteiger partial charge in [-0.15, -0.1) is 0 Å². The van der Waals surface area contributed by atoms with Gasteiger partial charge in [-0.3, -0.25) is 5.10 Å². The number of nitrogens with one attached hydrogen (secondary N) is 2. The number of para-hydroxylation sites is 1. The van der Waals surface area contributed by atoms with E-state index in [2.05, 4.69) is 20.6 Å². The molecule has 3 N–H and O–H groups in total. The highest BCUT2D eigenvalue weighted by Gasteiger charge is 2.11. The number of nitrogens with zero attached hydrogens (tertiary/aromatic N) is 3. The van der Waals surface area contributed by atoms with Crippen LogP contribution in [0.25, 0.3) is 16.6 Å². The Balaban J connectivity index is 1.26. The van der Waals surface area contributed by atoms with Crippen LogP contribution in [0.15, 0.2) is 60.8 Å². The van der Waals surface area contributed by atoms with Crippen molar-refractivity contribution in [2.75, 3.05) is 13.2 Å². The summed E-state index contributed by atoms with van der Waals surface area (Å²) in [5.41, 5.74) is 3.74. The van der Waals surface area contributed by atoms with Crippen molar-refractivity contribution < 1.29 is 9.84 Å². The average molecular weight is 377 g/mol. The lowest BCUT2D eigenvalue weighted by Gasteiger charge is -2.13. The Morgan fingerprint density at radius 1 is 1.14 bits per heavy atom. The molecule has 0 unspecified atom stereocenters. The zero-order valence-electron chi connectivity index (χ0n) is 15.7. The predicted octanol–water partition coefficient (Wildman–Crippen LogP) is 2.59. The minimum absolute atomic E-state index is 0.204. The van der Waals surface area contributed by atoms with Crippen LogP contribution >= 0.6 is 0 Å². The number of aryl methyl sites for hydroxylation is 1. The third kappa shape index (κ3) is 4.05. The smallest absolute Gasteiger partial charge is 0.130 e. The number of aromatic nitrogens is 4. The van der Waals surface area contributed by atoms with Crippen LogP contribution in [-0.4, -0.2) is 44.3 Å². The first-order valence-corrected chi connectivity index (χ1v) is 9.26. The highest BCUT2D eigenvalue weighted by atomic mass is 16.5. The molecule has 0 spiro atoms. The quantitative estimate of drug-likeness (QED) is 0.439. The molecule has 4 rings (SSSR count). The van der Waals surface area contributed by atoms with Gasteiger partial charge in [0.25, 0.3) is 0 Å². The number of hydrogen-bond donors (Lipinski definition) is 3. The van der Waals surface area contributed by atoms with Gasteiger partial charge in [0.2, 0.25) is 0 Å². The molecule has 0 fully saturated rings. The van der Waals surface area contributed by atoms with Crippen molar-refractivity contribution in [1.82, 2.24) is 25.3 Å². The second-order valence-corrected chi connectivity index (χ2v) is 6.68. The largest absolute Gasteiger partial charge is 0.490 e. The molecule has 144 valence electrons. The topological polar surface area (TPSA) is 88.0 Å². The summed E-state index contributed by atoms with van der Waals surface area (Å²) in [5.74, 6) is 0.726. The predicted molar refractivity (Wildman–Crippen MR) is 108 cm³/mol. The molecule has 1 atom stereocenters. The van der Waals surface area contributed by atoms with Gasteiger partial charge in [-0.1, -0.05) is 24.3 Å². The number of rotatable bonds is 8. The van der Waals surface area contributed by atoms with Crippen molar-refractivity contribution in [3.63, 3.8) is 0 Å². The number of aromatic amines is 1. The number of aliphatic hydroxyl groups excluding tert-OH is 1. The summed E-state index contributed by atoms with van der Waals surface area (Å²) in [6, 6.07) is 17.6. The molecule has 0 aliphatic rings. The van der Waals surface area contributed by atoms with Gasteiger partial charge in [0.15, 0.2) is 0 Å². The second-order valence-electron chi connectivity index (χ2n) is 6.68. The Hall–Kier alpha value is -3.16. The number of aliphatic hydroxyl groups is 1. The number of fused-ring (bicyclic) bond motifs is 1. The molecule has 0 radical (unpaired) electrons. The molecule has 2 aromatic heterocycles. The minimum Gasteiger partial charge on any atom is -0.490 e. The second kappa shape index (κ2) is 8.24. The first-order chi connectivity index (χ1) is 13.7. The first-order valence-electron chi connectivity index (χ1n) is 9.26. The fraction of sp³-hybridized carbons (Fsp3) is 0.238. The van der Waals surface area contributed by atoms with Gasteiger partial charge in [0, 0.05) is 25.0 Å². The summed E-state index contributed by atoms with van der Waals surface area (Å²) < 4.78 is 7.65. The molecule has 0 amide bonds. The lowest BCUT2D eigenvalue weighted by molar-refractivity contribution is 0.107. The molecule has 2 heterocycles. The molecule has 28 heavy (non-hydrogen) atoms. The number of benzene rings is 2. The fourth-order valence-electron chi connectivity index (χ4n) is 3.10. The van der Waals surface area contributed by atoms with Crippen molar-refractivity contribution in [2.45, 2.75) is 19.6 Å². The van der Waals surface area contributed by atoms with Crippen LogP contribution in [0.4, 0.5) is 0 Å². The van der Waals surface area contributed by atoms with E-state index in [1.807, 2.05) is 72.4 Å². The van der Waals surface area contributed by atoms with Gasteiger partial charge < -0.3 is 15.2 Å². The molecule has 0 aliphatic carbocycles. The average Bonchev–Trinajstić information content (AvgIpc) is 3.35. The minimum atomic E-state index is -0.626. The van der Waals surface area contributed by atoms with Crippen LogP contribution in [0.5, 0.6) is 5.75 Å². The van der Waals surface area contributed by atoms with Gasteiger partial charge in [-0.05, 0) is 37.3 Å². The Labute approximate surface area is 163 Å². The maximum Gasteiger partial charge on any atom is 0.130 e. The molecule has 2 aromatic carbocycles. The molecule has 7 heteroatoms. The molecule has 0 saturated carbocycles. The summed E-state index contributed by atoms with van der Waals surface area (Å²) >= 11 is 0. The van der Waals surface area contributed by atoms with Gasteiger partial charge >= 0.3 is 0 Å². The Bertz CT molecular complexity index is 1040. The molecular weight excluding hydrogens is 354 g/mol. The van der Waals surface area contributed by atoms with Crippen molar-refractivity contribution in [2.24, 2.45) is 0 Å². The maximum absolute atomic E-state index is 10.2. The summed E-state index contributed by atoms with van der Waals surface area (Å²) in [7, 11) is 0. The zero-order valence-corrected chi connectivity index (χ0v) is 15.7. The summed E-state index contributed by atoms with van der Waals surface area (Å²) in [6.45, 7) is 3.15. The van der Waals surface area contributed by atoms with Crippen molar-refractivity contribution in [3.05, 3.63) is 72.2 Å². The van der Waals surface area contributed by atoms with Crippen LogP contribution in [0.3, 0.4) is 0 Å². The lowest BCUT2D eigenvalue weighted by atomic mass is 10.2. The van der Waals surface area contributed by atoms with E-state index in [1.165, 1.54) is 0 Å². The van der Waals surface area contributed by atoms with E-state index in [0.717, 1.165) is 33.7 Å².